The molecule has 0 aliphatic heterocycles. The first kappa shape index (κ1) is 16.4. The van der Waals surface area contributed by atoms with Crippen molar-refractivity contribution in [2.45, 2.75) is 26.0 Å². The quantitative estimate of drug-likeness (QED) is 0.850. The number of rotatable bonds is 5. The van der Waals surface area contributed by atoms with Crippen molar-refractivity contribution in [3.8, 4) is 5.75 Å². The lowest BCUT2D eigenvalue weighted by atomic mass is 10.1. The summed E-state index contributed by atoms with van der Waals surface area (Å²) in [7, 11) is 3.60. The molecule has 1 heterocycles. The van der Waals surface area contributed by atoms with Crippen molar-refractivity contribution in [3.05, 3.63) is 47.2 Å². The van der Waals surface area contributed by atoms with E-state index < -0.39 is 5.60 Å². The SMILES string of the molecule is CN(Cc1cnn(C)c1)C(=O)C(C)(C)Oc1ccc(Cl)cc1. The highest BCUT2D eigenvalue weighted by Gasteiger charge is 2.32. The van der Waals surface area contributed by atoms with Crippen LogP contribution in [0.3, 0.4) is 0 Å². The molecule has 118 valence electrons. The minimum Gasteiger partial charge on any atom is -0.478 e. The normalized spacial score (nSPS) is 11.3. The van der Waals surface area contributed by atoms with Crippen LogP contribution in [0.1, 0.15) is 19.4 Å². The monoisotopic (exact) mass is 321 g/mol. The molecule has 2 aromatic rings. The van der Waals surface area contributed by atoms with Gasteiger partial charge in [0.2, 0.25) is 0 Å². The summed E-state index contributed by atoms with van der Waals surface area (Å²) >= 11 is 5.85. The van der Waals surface area contributed by atoms with Gasteiger partial charge in [0.1, 0.15) is 5.75 Å². The second-order valence-corrected chi connectivity index (χ2v) is 6.19. The summed E-state index contributed by atoms with van der Waals surface area (Å²) in [6, 6.07) is 6.96. The Morgan fingerprint density at radius 3 is 2.55 bits per heavy atom. The van der Waals surface area contributed by atoms with Crippen molar-refractivity contribution in [1.82, 2.24) is 14.7 Å². The highest BCUT2D eigenvalue weighted by atomic mass is 35.5. The third-order valence-electron chi connectivity index (χ3n) is 3.23. The van der Waals surface area contributed by atoms with Gasteiger partial charge in [0.15, 0.2) is 5.60 Å². The number of aromatic nitrogens is 2. The number of carbonyl (C=O) groups excluding carboxylic acids is 1. The van der Waals surface area contributed by atoms with Gasteiger partial charge in [-0.15, -0.1) is 0 Å². The third-order valence-corrected chi connectivity index (χ3v) is 3.48. The molecule has 0 saturated carbocycles. The van der Waals surface area contributed by atoms with E-state index in [1.807, 2.05) is 13.2 Å². The van der Waals surface area contributed by atoms with Gasteiger partial charge in [-0.3, -0.25) is 9.48 Å². The number of hydrogen-bond donors (Lipinski definition) is 0. The molecule has 1 amide bonds. The first-order valence-corrected chi connectivity index (χ1v) is 7.33. The van der Waals surface area contributed by atoms with Crippen LogP contribution in [0, 0.1) is 0 Å². The van der Waals surface area contributed by atoms with Crippen molar-refractivity contribution >= 4 is 17.5 Å². The second kappa shape index (κ2) is 6.40. The Balaban J connectivity index is 2.03. The number of ether oxygens (including phenoxy) is 1. The van der Waals surface area contributed by atoms with Crippen molar-refractivity contribution in [2.75, 3.05) is 7.05 Å². The molecule has 5 nitrogen and oxygen atoms in total. The smallest absolute Gasteiger partial charge is 0.266 e. The van der Waals surface area contributed by atoms with E-state index in [-0.39, 0.29) is 5.91 Å². The average Bonchev–Trinajstić information content (AvgIpc) is 2.85. The van der Waals surface area contributed by atoms with Gasteiger partial charge in [-0.2, -0.15) is 5.10 Å². The predicted octanol–water partition coefficient (Wildman–Crippen LogP) is 2.89. The number of hydrogen-bond acceptors (Lipinski definition) is 3. The van der Waals surface area contributed by atoms with E-state index in [4.69, 9.17) is 16.3 Å². The molecular weight excluding hydrogens is 302 g/mol. The van der Waals surface area contributed by atoms with Crippen LogP contribution < -0.4 is 4.74 Å². The summed E-state index contributed by atoms with van der Waals surface area (Å²) in [6.07, 6.45) is 3.63. The standard InChI is InChI=1S/C16H20ClN3O2/c1-16(2,22-14-7-5-13(17)6-8-14)15(21)19(3)10-12-9-18-20(4)11-12/h5-9,11H,10H2,1-4H3. The van der Waals surface area contributed by atoms with Gasteiger partial charge in [0.25, 0.3) is 5.91 Å². The highest BCUT2D eigenvalue weighted by molar-refractivity contribution is 6.30. The fourth-order valence-corrected chi connectivity index (χ4v) is 2.33. The zero-order valence-corrected chi connectivity index (χ0v) is 14.0. The molecule has 1 aromatic heterocycles. The van der Waals surface area contributed by atoms with Crippen LogP contribution in [0.2, 0.25) is 5.02 Å². The van der Waals surface area contributed by atoms with E-state index in [9.17, 15) is 4.79 Å². The van der Waals surface area contributed by atoms with Crippen LogP contribution in [0.15, 0.2) is 36.7 Å². The summed E-state index contributed by atoms with van der Waals surface area (Å²) in [5.41, 5.74) is 0.00535. The molecule has 0 aliphatic carbocycles. The predicted molar refractivity (Wildman–Crippen MR) is 85.8 cm³/mol. The summed E-state index contributed by atoms with van der Waals surface area (Å²) in [6.45, 7) is 3.99. The molecule has 0 spiro atoms. The Morgan fingerprint density at radius 2 is 2.00 bits per heavy atom. The Hall–Kier alpha value is -2.01. The van der Waals surface area contributed by atoms with Gasteiger partial charge in [0.05, 0.1) is 6.20 Å². The summed E-state index contributed by atoms with van der Waals surface area (Å²) in [5, 5.41) is 4.73. The van der Waals surface area contributed by atoms with E-state index in [1.54, 1.807) is 60.9 Å². The minimum absolute atomic E-state index is 0.105. The minimum atomic E-state index is -0.967. The summed E-state index contributed by atoms with van der Waals surface area (Å²) in [4.78, 5) is 14.2. The van der Waals surface area contributed by atoms with Gasteiger partial charge in [0, 0.05) is 37.4 Å². The first-order chi connectivity index (χ1) is 10.3. The van der Waals surface area contributed by atoms with Crippen LogP contribution in [0.4, 0.5) is 0 Å². The molecule has 0 bridgehead atoms. The number of halogens is 1. The number of carbonyl (C=O) groups is 1. The molecule has 0 atom stereocenters. The van der Waals surface area contributed by atoms with Crippen LogP contribution in [0.5, 0.6) is 5.75 Å². The Labute approximate surface area is 135 Å². The zero-order chi connectivity index (χ0) is 16.3. The third kappa shape index (κ3) is 4.01. The first-order valence-electron chi connectivity index (χ1n) is 6.95. The van der Waals surface area contributed by atoms with Gasteiger partial charge < -0.3 is 9.64 Å². The topological polar surface area (TPSA) is 47.4 Å². The Kier molecular flexibility index (Phi) is 4.76. The molecule has 0 N–H and O–H groups in total. The molecule has 0 unspecified atom stereocenters. The fourth-order valence-electron chi connectivity index (χ4n) is 2.20. The van der Waals surface area contributed by atoms with E-state index in [0.717, 1.165) is 5.56 Å². The summed E-state index contributed by atoms with van der Waals surface area (Å²) in [5.74, 6) is 0.504. The van der Waals surface area contributed by atoms with Gasteiger partial charge >= 0.3 is 0 Å². The maximum Gasteiger partial charge on any atom is 0.266 e. The van der Waals surface area contributed by atoms with Crippen LogP contribution >= 0.6 is 11.6 Å². The number of nitrogens with zero attached hydrogens (tertiary/aromatic N) is 3. The van der Waals surface area contributed by atoms with Crippen molar-refractivity contribution in [3.63, 3.8) is 0 Å². The molecule has 1 aromatic carbocycles. The fraction of sp³-hybridized carbons (Fsp3) is 0.375. The maximum atomic E-state index is 12.6. The number of aryl methyl sites for hydroxylation is 1. The lowest BCUT2D eigenvalue weighted by Gasteiger charge is -2.30. The highest BCUT2D eigenvalue weighted by Crippen LogP contribution is 2.22. The lowest BCUT2D eigenvalue weighted by molar-refractivity contribution is -0.144. The lowest BCUT2D eigenvalue weighted by Crippen LogP contribution is -2.47. The number of likely N-dealkylation sites (N-methyl/N-ethyl adjacent to an activating group) is 1. The van der Waals surface area contributed by atoms with Gasteiger partial charge in [-0.1, -0.05) is 11.6 Å². The van der Waals surface area contributed by atoms with Crippen LogP contribution in [0.25, 0.3) is 0 Å². The van der Waals surface area contributed by atoms with E-state index in [2.05, 4.69) is 5.10 Å². The largest absolute Gasteiger partial charge is 0.478 e. The van der Waals surface area contributed by atoms with E-state index >= 15 is 0 Å². The van der Waals surface area contributed by atoms with Gasteiger partial charge in [-0.25, -0.2) is 0 Å². The van der Waals surface area contributed by atoms with Gasteiger partial charge in [-0.05, 0) is 38.1 Å². The van der Waals surface area contributed by atoms with Crippen molar-refractivity contribution in [1.29, 1.82) is 0 Å². The molecule has 0 radical (unpaired) electrons. The zero-order valence-electron chi connectivity index (χ0n) is 13.2. The molecule has 22 heavy (non-hydrogen) atoms. The number of benzene rings is 1. The molecule has 0 fully saturated rings. The maximum absolute atomic E-state index is 12.6. The van der Waals surface area contributed by atoms with E-state index in [0.29, 0.717) is 17.3 Å². The van der Waals surface area contributed by atoms with Crippen molar-refractivity contribution in [2.24, 2.45) is 7.05 Å². The van der Waals surface area contributed by atoms with E-state index in [1.165, 1.54) is 0 Å². The molecule has 6 heteroatoms. The number of amides is 1. The van der Waals surface area contributed by atoms with Crippen molar-refractivity contribution < 1.29 is 9.53 Å². The molecular formula is C16H20ClN3O2. The Bertz CT molecular complexity index is 650. The molecule has 0 saturated heterocycles. The molecule has 2 rings (SSSR count). The molecule has 0 aliphatic rings. The average molecular weight is 322 g/mol. The van der Waals surface area contributed by atoms with Crippen LogP contribution in [-0.2, 0) is 18.4 Å². The Morgan fingerprint density at radius 1 is 1.36 bits per heavy atom. The van der Waals surface area contributed by atoms with Crippen LogP contribution in [-0.4, -0.2) is 33.2 Å². The summed E-state index contributed by atoms with van der Waals surface area (Å²) < 4.78 is 7.52. The second-order valence-electron chi connectivity index (χ2n) is 5.75.